The van der Waals surface area contributed by atoms with Gasteiger partial charge in [0.1, 0.15) is 11.6 Å². The van der Waals surface area contributed by atoms with Crippen molar-refractivity contribution < 1.29 is 18.0 Å². The van der Waals surface area contributed by atoms with Crippen molar-refractivity contribution in [1.82, 2.24) is 9.97 Å². The summed E-state index contributed by atoms with van der Waals surface area (Å²) in [4.78, 5) is 21.8. The maximum Gasteiger partial charge on any atom is 0.394 e. The summed E-state index contributed by atoms with van der Waals surface area (Å²) in [5, 5.41) is 0. The van der Waals surface area contributed by atoms with E-state index in [0.717, 1.165) is 36.9 Å². The third kappa shape index (κ3) is 2.98. The van der Waals surface area contributed by atoms with Gasteiger partial charge < -0.3 is 10.6 Å². The van der Waals surface area contributed by atoms with Gasteiger partial charge in [-0.3, -0.25) is 4.79 Å². The van der Waals surface area contributed by atoms with Crippen LogP contribution in [0, 0.1) is 18.8 Å². The minimum atomic E-state index is -4.45. The molecule has 126 valence electrons. The van der Waals surface area contributed by atoms with Crippen LogP contribution >= 0.6 is 0 Å². The van der Waals surface area contributed by atoms with Gasteiger partial charge in [0.25, 0.3) is 0 Å². The number of hydrogen-bond acceptors (Lipinski definition) is 4. The van der Waals surface area contributed by atoms with E-state index >= 15 is 0 Å². The predicted molar refractivity (Wildman–Crippen MR) is 77.9 cm³/mol. The Hall–Kier alpha value is -1.86. The minimum Gasteiger partial charge on any atom is -0.369 e. The van der Waals surface area contributed by atoms with Gasteiger partial charge in [0.15, 0.2) is 0 Å². The molecule has 1 aromatic rings. The maximum atomic E-state index is 13.2. The van der Waals surface area contributed by atoms with Gasteiger partial charge in [-0.2, -0.15) is 13.2 Å². The summed E-state index contributed by atoms with van der Waals surface area (Å²) in [7, 11) is 0. The number of amides is 1. The molecule has 0 radical (unpaired) electrons. The lowest BCUT2D eigenvalue weighted by Gasteiger charge is -2.25. The van der Waals surface area contributed by atoms with Gasteiger partial charge in [0.2, 0.25) is 5.91 Å². The van der Waals surface area contributed by atoms with Gasteiger partial charge in [-0.05, 0) is 32.6 Å². The minimum absolute atomic E-state index is 0.0393. The number of nitrogens with two attached hydrogens (primary N) is 1. The molecule has 3 rings (SSSR count). The fraction of sp³-hybridized carbons (Fsp3) is 0.667. The molecule has 5 nitrogen and oxygen atoms in total. The number of primary amides is 1. The number of rotatable bonds is 2. The highest BCUT2D eigenvalue weighted by Gasteiger charge is 2.52. The number of carbonyl (C=O) groups is 1. The molecule has 0 unspecified atom stereocenters. The second-order valence-corrected chi connectivity index (χ2v) is 6.29. The molecule has 8 heteroatoms. The van der Waals surface area contributed by atoms with E-state index in [2.05, 4.69) is 9.97 Å². The van der Waals surface area contributed by atoms with E-state index < -0.39 is 23.9 Å². The van der Waals surface area contributed by atoms with E-state index in [9.17, 15) is 18.0 Å². The molecule has 0 aromatic carbocycles. The number of hydrogen-bond donors (Lipinski definition) is 1. The van der Waals surface area contributed by atoms with Gasteiger partial charge in [-0.15, -0.1) is 0 Å². The molecule has 2 heterocycles. The van der Waals surface area contributed by atoms with Gasteiger partial charge in [-0.25, -0.2) is 9.97 Å². The molecule has 1 aliphatic heterocycles. The molecule has 0 saturated carbocycles. The predicted octanol–water partition coefficient (Wildman–Crippen LogP) is 1.76. The lowest BCUT2D eigenvalue weighted by molar-refractivity contribution is -0.181. The van der Waals surface area contributed by atoms with Crippen LogP contribution in [0.3, 0.4) is 0 Å². The Morgan fingerprint density at radius 2 is 1.91 bits per heavy atom. The van der Waals surface area contributed by atoms with Crippen molar-refractivity contribution in [1.29, 1.82) is 0 Å². The topological polar surface area (TPSA) is 72.1 Å². The Balaban J connectivity index is 1.97. The van der Waals surface area contributed by atoms with Crippen molar-refractivity contribution in [3.8, 4) is 0 Å². The normalized spacial score (nSPS) is 24.6. The monoisotopic (exact) mass is 328 g/mol. The molecule has 2 atom stereocenters. The van der Waals surface area contributed by atoms with Gasteiger partial charge in [-0.1, -0.05) is 0 Å². The molecule has 2 aliphatic rings. The zero-order chi connectivity index (χ0) is 16.8. The summed E-state index contributed by atoms with van der Waals surface area (Å²) in [6, 6.07) is 0. The average Bonchev–Trinajstić information content (AvgIpc) is 2.91. The molecule has 1 fully saturated rings. The van der Waals surface area contributed by atoms with Crippen LogP contribution < -0.4 is 10.6 Å². The smallest absolute Gasteiger partial charge is 0.369 e. The number of fused-ring (bicyclic) bond motifs is 1. The molecule has 1 aliphatic carbocycles. The second kappa shape index (κ2) is 5.65. The summed E-state index contributed by atoms with van der Waals surface area (Å²) in [5.41, 5.74) is 7.04. The Kier molecular flexibility index (Phi) is 3.93. The molecule has 0 bridgehead atoms. The van der Waals surface area contributed by atoms with Crippen molar-refractivity contribution in [2.24, 2.45) is 17.6 Å². The standard InChI is InChI=1S/C15H19F3N4O/c1-8-20-12-5-3-2-4-9(12)14(21-8)22-6-10(13(19)23)11(7-22)15(16,17)18/h10-11H,2-7H2,1H3,(H2,19,23)/t10-,11-/m1/s1. The number of aromatic nitrogens is 2. The van der Waals surface area contributed by atoms with E-state index in [0.29, 0.717) is 11.6 Å². The molecular formula is C15H19F3N4O. The molecular weight excluding hydrogens is 309 g/mol. The number of halogens is 3. The number of carbonyl (C=O) groups excluding carboxylic acids is 1. The van der Waals surface area contributed by atoms with Gasteiger partial charge >= 0.3 is 6.18 Å². The van der Waals surface area contributed by atoms with Crippen LogP contribution in [0.4, 0.5) is 19.0 Å². The highest BCUT2D eigenvalue weighted by Crippen LogP contribution is 2.40. The molecule has 2 N–H and O–H groups in total. The summed E-state index contributed by atoms with van der Waals surface area (Å²) >= 11 is 0. The van der Waals surface area contributed by atoms with Crippen LogP contribution in [-0.4, -0.2) is 35.1 Å². The first kappa shape index (κ1) is 16.0. The van der Waals surface area contributed by atoms with Crippen LogP contribution in [0.5, 0.6) is 0 Å². The average molecular weight is 328 g/mol. The van der Waals surface area contributed by atoms with Gasteiger partial charge in [0, 0.05) is 24.3 Å². The van der Waals surface area contributed by atoms with Crippen LogP contribution in [-0.2, 0) is 17.6 Å². The van der Waals surface area contributed by atoms with E-state index in [1.165, 1.54) is 0 Å². The van der Waals surface area contributed by atoms with E-state index in [4.69, 9.17) is 5.73 Å². The first-order chi connectivity index (χ1) is 10.8. The highest BCUT2D eigenvalue weighted by atomic mass is 19.4. The summed E-state index contributed by atoms with van der Waals surface area (Å²) in [5.74, 6) is -2.79. The Morgan fingerprint density at radius 3 is 2.52 bits per heavy atom. The van der Waals surface area contributed by atoms with Crippen molar-refractivity contribution in [3.05, 3.63) is 17.1 Å². The first-order valence-electron chi connectivity index (χ1n) is 7.74. The van der Waals surface area contributed by atoms with Crippen LogP contribution in [0.1, 0.15) is 29.9 Å². The van der Waals surface area contributed by atoms with Crippen molar-refractivity contribution >= 4 is 11.7 Å². The van der Waals surface area contributed by atoms with Crippen LogP contribution in [0.2, 0.25) is 0 Å². The van der Waals surface area contributed by atoms with E-state index in [-0.39, 0.29) is 13.1 Å². The number of nitrogens with zero attached hydrogens (tertiary/aromatic N) is 3. The van der Waals surface area contributed by atoms with Crippen LogP contribution in [0.15, 0.2) is 0 Å². The molecule has 23 heavy (non-hydrogen) atoms. The zero-order valence-electron chi connectivity index (χ0n) is 12.9. The molecule has 1 saturated heterocycles. The quantitative estimate of drug-likeness (QED) is 0.898. The Morgan fingerprint density at radius 1 is 1.22 bits per heavy atom. The maximum absolute atomic E-state index is 13.2. The number of anilines is 1. The fourth-order valence-corrected chi connectivity index (χ4v) is 3.55. The summed E-state index contributed by atoms with van der Waals surface area (Å²) in [6.45, 7) is 1.42. The van der Waals surface area contributed by atoms with Crippen molar-refractivity contribution in [3.63, 3.8) is 0 Å². The lowest BCUT2D eigenvalue weighted by atomic mass is 9.95. The van der Waals surface area contributed by atoms with Crippen molar-refractivity contribution in [2.75, 3.05) is 18.0 Å². The van der Waals surface area contributed by atoms with E-state index in [1.807, 2.05) is 0 Å². The third-order valence-electron chi connectivity index (χ3n) is 4.68. The first-order valence-corrected chi connectivity index (χ1v) is 7.74. The zero-order valence-corrected chi connectivity index (χ0v) is 12.9. The summed E-state index contributed by atoms with van der Waals surface area (Å²) in [6.07, 6.45) is -0.863. The Bertz CT molecular complexity index is 632. The second-order valence-electron chi connectivity index (χ2n) is 6.29. The SMILES string of the molecule is Cc1nc2c(c(N3C[C@@H](C(F)(F)F)[C@H](C(N)=O)C3)n1)CCCC2. The van der Waals surface area contributed by atoms with E-state index in [1.54, 1.807) is 11.8 Å². The summed E-state index contributed by atoms with van der Waals surface area (Å²) < 4.78 is 39.6. The highest BCUT2D eigenvalue weighted by molar-refractivity contribution is 5.79. The van der Waals surface area contributed by atoms with Gasteiger partial charge in [0.05, 0.1) is 11.8 Å². The fourth-order valence-electron chi connectivity index (χ4n) is 3.55. The largest absolute Gasteiger partial charge is 0.394 e. The van der Waals surface area contributed by atoms with Crippen molar-refractivity contribution in [2.45, 2.75) is 38.8 Å². The molecule has 0 spiro atoms. The molecule has 1 amide bonds. The molecule has 1 aromatic heterocycles. The van der Waals surface area contributed by atoms with Crippen LogP contribution in [0.25, 0.3) is 0 Å². The number of alkyl halides is 3. The third-order valence-corrected chi connectivity index (χ3v) is 4.68. The number of aryl methyl sites for hydroxylation is 2. The lowest BCUT2D eigenvalue weighted by Crippen LogP contribution is -2.37. The Labute approximate surface area is 132 Å².